The van der Waals surface area contributed by atoms with Crippen LogP contribution in [0.15, 0.2) is 18.5 Å². The number of rotatable bonds is 4. The van der Waals surface area contributed by atoms with Gasteiger partial charge < -0.3 is 10.2 Å². The quantitative estimate of drug-likeness (QED) is 0.837. The molecule has 2 N–H and O–H groups in total. The van der Waals surface area contributed by atoms with E-state index in [-0.39, 0.29) is 12.1 Å². The first kappa shape index (κ1) is 16.2. The lowest BCUT2D eigenvalue weighted by Gasteiger charge is -2.25. The molecule has 0 bridgehead atoms. The van der Waals surface area contributed by atoms with E-state index in [9.17, 15) is 4.79 Å². The summed E-state index contributed by atoms with van der Waals surface area (Å²) in [5.41, 5.74) is 3.60. The van der Waals surface area contributed by atoms with Gasteiger partial charge >= 0.3 is 6.03 Å². The summed E-state index contributed by atoms with van der Waals surface area (Å²) in [4.78, 5) is 14.6. The number of carbonyl (C=O) groups excluding carboxylic acids is 1. The molecule has 7 heteroatoms. The Bertz CT molecular complexity index is 707. The molecule has 2 aromatic heterocycles. The largest absolute Gasteiger partial charge is 0.332 e. The molecule has 0 aromatic carbocycles. The average Bonchev–Trinajstić information content (AvgIpc) is 3.33. The van der Waals surface area contributed by atoms with Crippen molar-refractivity contribution in [1.82, 2.24) is 30.2 Å². The molecule has 0 unspecified atom stereocenters. The standard InChI is InChI=1S/C18H26N6O/c25-18(24-11-4-6-14(24)13-23-10-5-9-20-23)19-12-17-15-7-2-1-3-8-16(15)21-22-17/h5,9-10,14H,1-4,6-8,11-13H2,(H,19,25)(H,21,22)/t14-/m1/s1. The highest BCUT2D eigenvalue weighted by atomic mass is 16.2. The predicted molar refractivity (Wildman–Crippen MR) is 94.0 cm³/mol. The summed E-state index contributed by atoms with van der Waals surface area (Å²) in [6.07, 6.45) is 11.7. The van der Waals surface area contributed by atoms with Crippen LogP contribution in [0.2, 0.25) is 0 Å². The van der Waals surface area contributed by atoms with Crippen LogP contribution >= 0.6 is 0 Å². The fraction of sp³-hybridized carbons (Fsp3) is 0.611. The molecule has 1 fully saturated rings. The van der Waals surface area contributed by atoms with Gasteiger partial charge in [-0.15, -0.1) is 0 Å². The first-order valence-corrected chi connectivity index (χ1v) is 9.38. The average molecular weight is 342 g/mol. The van der Waals surface area contributed by atoms with E-state index in [0.29, 0.717) is 6.54 Å². The highest BCUT2D eigenvalue weighted by Gasteiger charge is 2.29. The number of likely N-dealkylation sites (tertiary alicyclic amines) is 1. The Morgan fingerprint density at radius 3 is 3.08 bits per heavy atom. The van der Waals surface area contributed by atoms with E-state index < -0.39 is 0 Å². The summed E-state index contributed by atoms with van der Waals surface area (Å²) in [5.74, 6) is 0. The third-order valence-electron chi connectivity index (χ3n) is 5.39. The fourth-order valence-corrected chi connectivity index (χ4v) is 4.05. The van der Waals surface area contributed by atoms with E-state index in [1.165, 1.54) is 30.5 Å². The van der Waals surface area contributed by atoms with Gasteiger partial charge in [-0.1, -0.05) is 6.42 Å². The molecule has 7 nitrogen and oxygen atoms in total. The molecule has 1 aliphatic heterocycles. The van der Waals surface area contributed by atoms with Crippen molar-refractivity contribution < 1.29 is 4.79 Å². The van der Waals surface area contributed by atoms with Gasteiger partial charge in [0.2, 0.25) is 0 Å². The molecule has 2 aromatic rings. The number of carbonyl (C=O) groups is 1. The van der Waals surface area contributed by atoms with Crippen molar-refractivity contribution >= 4 is 6.03 Å². The summed E-state index contributed by atoms with van der Waals surface area (Å²) >= 11 is 0. The predicted octanol–water partition coefficient (Wildman–Crippen LogP) is 2.25. The van der Waals surface area contributed by atoms with Crippen molar-refractivity contribution in [3.8, 4) is 0 Å². The molecule has 1 saturated heterocycles. The molecule has 134 valence electrons. The zero-order valence-electron chi connectivity index (χ0n) is 14.6. The zero-order chi connectivity index (χ0) is 17.1. The van der Waals surface area contributed by atoms with Gasteiger partial charge in [0.25, 0.3) is 0 Å². The SMILES string of the molecule is O=C(NCc1n[nH]c2c1CCCCC2)N1CCC[C@@H]1Cn1cccn1. The van der Waals surface area contributed by atoms with Crippen molar-refractivity contribution in [3.05, 3.63) is 35.4 Å². The van der Waals surface area contributed by atoms with Crippen LogP contribution in [0, 0.1) is 0 Å². The number of nitrogens with zero attached hydrogens (tertiary/aromatic N) is 4. The molecule has 4 rings (SSSR count). The minimum absolute atomic E-state index is 0.0139. The second-order valence-electron chi connectivity index (χ2n) is 7.06. The van der Waals surface area contributed by atoms with Crippen LogP contribution < -0.4 is 5.32 Å². The number of aromatic amines is 1. The van der Waals surface area contributed by atoms with Crippen molar-refractivity contribution in [2.45, 2.75) is 64.1 Å². The zero-order valence-corrected chi connectivity index (χ0v) is 14.6. The molecule has 1 aliphatic carbocycles. The van der Waals surface area contributed by atoms with Crippen molar-refractivity contribution in [2.24, 2.45) is 0 Å². The summed E-state index contributed by atoms with van der Waals surface area (Å²) in [7, 11) is 0. The number of H-pyrrole nitrogens is 1. The minimum Gasteiger partial charge on any atom is -0.332 e. The molecule has 2 aliphatic rings. The molecule has 3 heterocycles. The molecular weight excluding hydrogens is 316 g/mol. The molecule has 25 heavy (non-hydrogen) atoms. The summed E-state index contributed by atoms with van der Waals surface area (Å²) in [6, 6.07) is 2.15. The van der Waals surface area contributed by atoms with E-state index in [2.05, 4.69) is 20.6 Å². The van der Waals surface area contributed by atoms with Gasteiger partial charge in [0.05, 0.1) is 24.8 Å². The van der Waals surface area contributed by atoms with Gasteiger partial charge in [0.1, 0.15) is 0 Å². The number of hydrogen-bond acceptors (Lipinski definition) is 3. The second-order valence-corrected chi connectivity index (χ2v) is 7.06. The van der Waals surface area contributed by atoms with Crippen molar-refractivity contribution in [3.63, 3.8) is 0 Å². The second kappa shape index (κ2) is 7.29. The number of fused-ring (bicyclic) bond motifs is 1. The van der Waals surface area contributed by atoms with E-state index in [1.807, 2.05) is 21.8 Å². The normalized spacial score (nSPS) is 20.3. The van der Waals surface area contributed by atoms with Crippen LogP contribution in [0.4, 0.5) is 4.79 Å². The number of hydrogen-bond donors (Lipinski definition) is 2. The van der Waals surface area contributed by atoms with E-state index in [1.54, 1.807) is 6.20 Å². The molecule has 1 atom stereocenters. The van der Waals surface area contributed by atoms with Gasteiger partial charge in [-0.3, -0.25) is 9.78 Å². The van der Waals surface area contributed by atoms with Gasteiger partial charge in [0, 0.05) is 24.6 Å². The number of urea groups is 1. The van der Waals surface area contributed by atoms with Gasteiger partial charge in [-0.05, 0) is 50.2 Å². The lowest BCUT2D eigenvalue weighted by atomic mass is 10.1. The molecule has 0 saturated carbocycles. The van der Waals surface area contributed by atoms with E-state index in [0.717, 1.165) is 44.5 Å². The number of nitrogens with one attached hydrogen (secondary N) is 2. The van der Waals surface area contributed by atoms with Crippen LogP contribution in [0.25, 0.3) is 0 Å². The topological polar surface area (TPSA) is 78.8 Å². The molecule has 2 amide bonds. The molecular formula is C18H26N6O. The first-order valence-electron chi connectivity index (χ1n) is 9.38. The Kier molecular flexibility index (Phi) is 4.72. The number of aryl methyl sites for hydroxylation is 1. The maximum Gasteiger partial charge on any atom is 0.318 e. The maximum absolute atomic E-state index is 12.7. The summed E-state index contributed by atoms with van der Waals surface area (Å²) < 4.78 is 1.91. The first-order chi connectivity index (χ1) is 12.3. The Hall–Kier alpha value is -2.31. The number of amides is 2. The minimum atomic E-state index is 0.0139. The van der Waals surface area contributed by atoms with Gasteiger partial charge in [0.15, 0.2) is 0 Å². The summed E-state index contributed by atoms with van der Waals surface area (Å²) in [5, 5.41) is 15.0. The Labute approximate surface area is 147 Å². The summed E-state index contributed by atoms with van der Waals surface area (Å²) in [6.45, 7) is 2.09. The Balaban J connectivity index is 1.36. The lowest BCUT2D eigenvalue weighted by Crippen LogP contribution is -2.44. The van der Waals surface area contributed by atoms with Gasteiger partial charge in [-0.2, -0.15) is 10.2 Å². The Morgan fingerprint density at radius 2 is 2.20 bits per heavy atom. The van der Waals surface area contributed by atoms with E-state index in [4.69, 9.17) is 0 Å². The third-order valence-corrected chi connectivity index (χ3v) is 5.39. The van der Waals surface area contributed by atoms with Crippen LogP contribution in [0.1, 0.15) is 49.1 Å². The Morgan fingerprint density at radius 1 is 1.28 bits per heavy atom. The highest BCUT2D eigenvalue weighted by molar-refractivity contribution is 5.74. The van der Waals surface area contributed by atoms with Crippen molar-refractivity contribution in [1.29, 1.82) is 0 Å². The maximum atomic E-state index is 12.7. The van der Waals surface area contributed by atoms with Crippen LogP contribution in [-0.4, -0.2) is 43.5 Å². The third kappa shape index (κ3) is 3.55. The lowest BCUT2D eigenvalue weighted by molar-refractivity contribution is 0.185. The smallest absolute Gasteiger partial charge is 0.318 e. The van der Waals surface area contributed by atoms with Crippen LogP contribution in [0.5, 0.6) is 0 Å². The molecule has 0 radical (unpaired) electrons. The molecule has 0 spiro atoms. The monoisotopic (exact) mass is 342 g/mol. The number of aromatic nitrogens is 4. The highest BCUT2D eigenvalue weighted by Crippen LogP contribution is 2.22. The van der Waals surface area contributed by atoms with Crippen LogP contribution in [-0.2, 0) is 25.9 Å². The van der Waals surface area contributed by atoms with E-state index >= 15 is 0 Å². The van der Waals surface area contributed by atoms with Gasteiger partial charge in [-0.25, -0.2) is 4.79 Å². The fourth-order valence-electron chi connectivity index (χ4n) is 4.05. The van der Waals surface area contributed by atoms with Crippen molar-refractivity contribution in [2.75, 3.05) is 6.54 Å². The van der Waals surface area contributed by atoms with Crippen LogP contribution in [0.3, 0.4) is 0 Å².